The molecule has 0 aromatic heterocycles. The molecule has 2 aliphatic carbocycles. The molecule has 66 heavy (non-hydrogen) atoms. The SMILES string of the molecule is CC(C)(C)c1ccc(N(c2ccccc2)c2ccc3c(c2)C(C)(C)c2cc(/C=C/c4ccc5c(c4)C(C)(C)c4cc(N(c6ccccc6)c6ccc(C(C)(C)C)cc6)ccc4-5)ccc2-3)cc1. The molecule has 0 atom stereocenters. The topological polar surface area (TPSA) is 6.48 Å². The molecule has 0 amide bonds. The summed E-state index contributed by atoms with van der Waals surface area (Å²) in [4.78, 5) is 4.78. The van der Waals surface area contributed by atoms with Gasteiger partial charge < -0.3 is 9.80 Å². The Morgan fingerprint density at radius 2 is 0.606 bits per heavy atom. The lowest BCUT2D eigenvalue weighted by molar-refractivity contribution is 0.590. The van der Waals surface area contributed by atoms with Crippen LogP contribution in [0.2, 0.25) is 0 Å². The molecule has 0 heterocycles. The van der Waals surface area contributed by atoms with Gasteiger partial charge in [-0.25, -0.2) is 0 Å². The van der Waals surface area contributed by atoms with Crippen LogP contribution in [-0.2, 0) is 21.7 Å². The van der Waals surface area contributed by atoms with Crippen molar-refractivity contribution in [2.75, 3.05) is 9.80 Å². The van der Waals surface area contributed by atoms with E-state index in [2.05, 4.69) is 273 Å². The molecule has 0 bridgehead atoms. The van der Waals surface area contributed by atoms with E-state index in [1.165, 1.54) is 78.1 Å². The van der Waals surface area contributed by atoms with Gasteiger partial charge in [0.05, 0.1) is 0 Å². The van der Waals surface area contributed by atoms with Gasteiger partial charge in [-0.1, -0.05) is 191 Å². The smallest absolute Gasteiger partial charge is 0.0465 e. The van der Waals surface area contributed by atoms with Gasteiger partial charge in [0.15, 0.2) is 0 Å². The van der Waals surface area contributed by atoms with Crippen LogP contribution in [0.25, 0.3) is 34.4 Å². The van der Waals surface area contributed by atoms with Crippen LogP contribution in [0.15, 0.2) is 182 Å². The van der Waals surface area contributed by atoms with Gasteiger partial charge in [0.1, 0.15) is 0 Å². The first-order valence-corrected chi connectivity index (χ1v) is 23.7. The molecule has 0 saturated carbocycles. The van der Waals surface area contributed by atoms with E-state index in [4.69, 9.17) is 0 Å². The lowest BCUT2D eigenvalue weighted by atomic mass is 9.81. The summed E-state index contributed by atoms with van der Waals surface area (Å²) in [7, 11) is 0. The first-order valence-electron chi connectivity index (χ1n) is 23.7. The summed E-state index contributed by atoms with van der Waals surface area (Å²) in [5.41, 5.74) is 22.6. The summed E-state index contributed by atoms with van der Waals surface area (Å²) in [6.07, 6.45) is 4.58. The number of nitrogens with zero attached hydrogens (tertiary/aromatic N) is 2. The molecule has 0 radical (unpaired) electrons. The Bertz CT molecular complexity index is 2900. The van der Waals surface area contributed by atoms with Crippen molar-refractivity contribution >= 4 is 46.3 Å². The van der Waals surface area contributed by atoms with Gasteiger partial charge in [-0.05, 0) is 150 Å². The van der Waals surface area contributed by atoms with E-state index < -0.39 is 0 Å². The molecule has 0 fully saturated rings. The molecular formula is C64H62N2. The summed E-state index contributed by atoms with van der Waals surface area (Å²) >= 11 is 0. The molecule has 0 saturated heterocycles. The summed E-state index contributed by atoms with van der Waals surface area (Å²) in [6.45, 7) is 23.2. The Kier molecular flexibility index (Phi) is 10.4. The van der Waals surface area contributed by atoms with Crippen molar-refractivity contribution in [3.05, 3.63) is 226 Å². The number of para-hydroxylation sites is 2. The van der Waals surface area contributed by atoms with Crippen LogP contribution < -0.4 is 9.80 Å². The summed E-state index contributed by atoms with van der Waals surface area (Å²) < 4.78 is 0. The maximum atomic E-state index is 2.42. The molecule has 2 heteroatoms. The maximum Gasteiger partial charge on any atom is 0.0465 e. The molecule has 2 aliphatic rings. The molecule has 2 nitrogen and oxygen atoms in total. The largest absolute Gasteiger partial charge is 0.310 e. The van der Waals surface area contributed by atoms with E-state index in [1.54, 1.807) is 0 Å². The third kappa shape index (κ3) is 7.57. The highest BCUT2D eigenvalue weighted by Crippen LogP contribution is 2.53. The van der Waals surface area contributed by atoms with Crippen LogP contribution in [-0.4, -0.2) is 0 Å². The number of benzene rings is 8. The van der Waals surface area contributed by atoms with Crippen molar-refractivity contribution in [3.8, 4) is 22.3 Å². The van der Waals surface area contributed by atoms with Crippen LogP contribution in [0.1, 0.15) is 114 Å². The van der Waals surface area contributed by atoms with Crippen molar-refractivity contribution in [3.63, 3.8) is 0 Å². The van der Waals surface area contributed by atoms with Crippen LogP contribution in [0.5, 0.6) is 0 Å². The minimum atomic E-state index is -0.169. The lowest BCUT2D eigenvalue weighted by Crippen LogP contribution is -2.17. The van der Waals surface area contributed by atoms with Crippen LogP contribution >= 0.6 is 0 Å². The second kappa shape index (κ2) is 15.9. The molecule has 8 aromatic rings. The lowest BCUT2D eigenvalue weighted by Gasteiger charge is -2.29. The minimum absolute atomic E-state index is 0.0936. The zero-order chi connectivity index (χ0) is 46.2. The maximum absolute atomic E-state index is 2.42. The highest BCUT2D eigenvalue weighted by Gasteiger charge is 2.38. The molecule has 0 spiro atoms. The zero-order valence-corrected chi connectivity index (χ0v) is 40.4. The van der Waals surface area contributed by atoms with E-state index in [0.717, 1.165) is 22.7 Å². The first-order chi connectivity index (χ1) is 31.5. The summed E-state index contributed by atoms with van der Waals surface area (Å²) in [5, 5.41) is 0. The number of hydrogen-bond acceptors (Lipinski definition) is 2. The van der Waals surface area contributed by atoms with E-state index in [9.17, 15) is 0 Å². The predicted molar refractivity (Wildman–Crippen MR) is 284 cm³/mol. The van der Waals surface area contributed by atoms with Crippen molar-refractivity contribution in [1.29, 1.82) is 0 Å². The molecular weight excluding hydrogens is 797 g/mol. The quantitative estimate of drug-likeness (QED) is 0.141. The number of fused-ring (bicyclic) bond motifs is 6. The Morgan fingerprint density at radius 3 is 0.939 bits per heavy atom. The Morgan fingerprint density at radius 1 is 0.318 bits per heavy atom. The molecule has 0 N–H and O–H groups in total. The number of anilines is 6. The van der Waals surface area contributed by atoms with Crippen molar-refractivity contribution < 1.29 is 0 Å². The molecule has 0 aliphatic heterocycles. The average molecular weight is 859 g/mol. The van der Waals surface area contributed by atoms with E-state index in [1.807, 2.05) is 0 Å². The van der Waals surface area contributed by atoms with Gasteiger partial charge in [0, 0.05) is 45.0 Å². The normalized spacial score (nSPS) is 14.4. The third-order valence-corrected chi connectivity index (χ3v) is 14.4. The van der Waals surface area contributed by atoms with Crippen LogP contribution in [0, 0.1) is 0 Å². The van der Waals surface area contributed by atoms with E-state index in [0.29, 0.717) is 0 Å². The van der Waals surface area contributed by atoms with Crippen molar-refractivity contribution in [2.24, 2.45) is 0 Å². The summed E-state index contributed by atoms with van der Waals surface area (Å²) in [6, 6.07) is 67.8. The van der Waals surface area contributed by atoms with E-state index >= 15 is 0 Å². The fourth-order valence-electron chi connectivity index (χ4n) is 10.4. The van der Waals surface area contributed by atoms with Crippen molar-refractivity contribution in [2.45, 2.75) is 90.9 Å². The highest BCUT2D eigenvalue weighted by molar-refractivity contribution is 5.89. The predicted octanol–water partition coefficient (Wildman–Crippen LogP) is 18.0. The molecule has 328 valence electrons. The fourth-order valence-corrected chi connectivity index (χ4v) is 10.4. The van der Waals surface area contributed by atoms with Gasteiger partial charge in [-0.2, -0.15) is 0 Å². The average Bonchev–Trinajstić information content (AvgIpc) is 3.67. The third-order valence-electron chi connectivity index (χ3n) is 14.4. The van der Waals surface area contributed by atoms with E-state index in [-0.39, 0.29) is 21.7 Å². The molecule has 8 aromatic carbocycles. The van der Waals surface area contributed by atoms with Gasteiger partial charge in [-0.3, -0.25) is 0 Å². The second-order valence-corrected chi connectivity index (χ2v) is 21.6. The minimum Gasteiger partial charge on any atom is -0.310 e. The standard InChI is InChI=1S/C64H62N2/c1-61(2,3)45-25-29-49(30-26-45)65(47-17-13-11-14-18-47)51-33-37-55-53-35-23-43(39-57(53)63(7,8)59(55)41-51)21-22-44-24-36-54-56-38-34-52(42-60(56)64(9,10)58(54)40-44)66(48-19-15-12-16-20-48)50-31-27-46(28-32-50)62(4,5)6/h11-42H,1-10H3/b22-21+. The zero-order valence-electron chi connectivity index (χ0n) is 40.4. The fraction of sp³-hybridized carbons (Fsp3) is 0.219. The van der Waals surface area contributed by atoms with Gasteiger partial charge in [0.2, 0.25) is 0 Å². The Hall–Kier alpha value is -6.90. The molecule has 10 rings (SSSR count). The van der Waals surface area contributed by atoms with Gasteiger partial charge in [-0.15, -0.1) is 0 Å². The second-order valence-electron chi connectivity index (χ2n) is 21.6. The Balaban J connectivity index is 0.930. The monoisotopic (exact) mass is 858 g/mol. The summed E-state index contributed by atoms with van der Waals surface area (Å²) in [5.74, 6) is 0. The number of rotatable bonds is 8. The highest BCUT2D eigenvalue weighted by atomic mass is 15.1. The van der Waals surface area contributed by atoms with Gasteiger partial charge >= 0.3 is 0 Å². The van der Waals surface area contributed by atoms with Crippen LogP contribution in [0.4, 0.5) is 34.1 Å². The van der Waals surface area contributed by atoms with Crippen LogP contribution in [0.3, 0.4) is 0 Å². The Labute approximate surface area is 393 Å². The number of hydrogen-bond donors (Lipinski definition) is 0. The first kappa shape index (κ1) is 43.0. The van der Waals surface area contributed by atoms with Crippen molar-refractivity contribution in [1.82, 2.24) is 0 Å². The molecule has 0 unspecified atom stereocenters. The van der Waals surface area contributed by atoms with Gasteiger partial charge in [0.25, 0.3) is 0 Å².